The van der Waals surface area contributed by atoms with Crippen molar-refractivity contribution < 1.29 is 5.11 Å². The molecule has 2 N–H and O–H groups in total. The largest absolute Gasteiger partial charge is 0.392 e. The summed E-state index contributed by atoms with van der Waals surface area (Å²) in [5, 5.41) is 12.0. The third kappa shape index (κ3) is 8.27. The van der Waals surface area contributed by atoms with Crippen molar-refractivity contribution in [3.8, 4) is 0 Å². The average Bonchev–Trinajstić information content (AvgIpc) is 1.87. The molecule has 0 amide bonds. The van der Waals surface area contributed by atoms with Crippen molar-refractivity contribution in [3.63, 3.8) is 0 Å². The third-order valence-electron chi connectivity index (χ3n) is 1.20. The molecule has 0 aromatic heterocycles. The Morgan fingerprint density at radius 2 is 2.20 bits per heavy atom. The van der Waals surface area contributed by atoms with E-state index in [-0.39, 0.29) is 6.10 Å². The van der Waals surface area contributed by atoms with Crippen molar-refractivity contribution >= 4 is 12.6 Å². The maximum atomic E-state index is 8.83. The molecular weight excluding hydrogens is 146 g/mol. The minimum absolute atomic E-state index is 0.226. The first-order valence-corrected chi connectivity index (χ1v) is 4.40. The van der Waals surface area contributed by atoms with Crippen LogP contribution in [0.2, 0.25) is 0 Å². The van der Waals surface area contributed by atoms with Crippen LogP contribution in [0, 0.1) is 0 Å². The van der Waals surface area contributed by atoms with Crippen molar-refractivity contribution in [3.05, 3.63) is 0 Å². The molecule has 2 nitrogen and oxygen atoms in total. The van der Waals surface area contributed by atoms with E-state index in [1.807, 2.05) is 0 Å². The van der Waals surface area contributed by atoms with E-state index in [1.54, 1.807) is 6.92 Å². The number of nitrogens with one attached hydrogen (secondary N) is 1. The number of hydrogen-bond acceptors (Lipinski definition) is 3. The first-order chi connectivity index (χ1) is 4.77. The first-order valence-electron chi connectivity index (χ1n) is 3.77. The van der Waals surface area contributed by atoms with Gasteiger partial charge in [0.25, 0.3) is 0 Å². The summed E-state index contributed by atoms with van der Waals surface area (Å²) in [5.74, 6) is 0.955. The molecule has 10 heavy (non-hydrogen) atoms. The van der Waals surface area contributed by atoms with Crippen LogP contribution in [0.3, 0.4) is 0 Å². The van der Waals surface area contributed by atoms with Gasteiger partial charge in [0.05, 0.1) is 6.10 Å². The molecule has 0 rings (SSSR count). The Bertz CT molecular complexity index is 68.6. The highest BCUT2D eigenvalue weighted by Gasteiger charge is 1.92. The number of hydrogen-bond donors (Lipinski definition) is 3. The molecule has 0 aliphatic heterocycles. The molecule has 0 aliphatic rings. The molecule has 0 aromatic rings. The summed E-state index contributed by atoms with van der Waals surface area (Å²) in [4.78, 5) is 0. The Hall–Kier alpha value is 0.270. The molecule has 62 valence electrons. The number of aliphatic hydroxyl groups is 1. The van der Waals surface area contributed by atoms with E-state index >= 15 is 0 Å². The SMILES string of the molecule is CC(O)CNCCCCS. The lowest BCUT2D eigenvalue weighted by Crippen LogP contribution is -2.25. The molecule has 0 saturated carbocycles. The van der Waals surface area contributed by atoms with Gasteiger partial charge >= 0.3 is 0 Å². The van der Waals surface area contributed by atoms with Crippen LogP contribution in [0.5, 0.6) is 0 Å². The molecule has 0 aliphatic carbocycles. The Kier molecular flexibility index (Phi) is 7.58. The Morgan fingerprint density at radius 3 is 2.70 bits per heavy atom. The van der Waals surface area contributed by atoms with Crippen LogP contribution >= 0.6 is 12.6 Å². The molecular formula is C7H17NOS. The van der Waals surface area contributed by atoms with Gasteiger partial charge in [-0.2, -0.15) is 12.6 Å². The molecule has 0 spiro atoms. The van der Waals surface area contributed by atoms with Crippen LogP contribution in [-0.2, 0) is 0 Å². The van der Waals surface area contributed by atoms with E-state index in [9.17, 15) is 0 Å². The van der Waals surface area contributed by atoms with E-state index in [0.29, 0.717) is 6.54 Å². The summed E-state index contributed by atoms with van der Waals surface area (Å²) in [6.45, 7) is 3.48. The van der Waals surface area contributed by atoms with Gasteiger partial charge in [-0.15, -0.1) is 0 Å². The van der Waals surface area contributed by atoms with E-state index in [4.69, 9.17) is 5.11 Å². The van der Waals surface area contributed by atoms with Gasteiger partial charge in [0.15, 0.2) is 0 Å². The molecule has 1 unspecified atom stereocenters. The fourth-order valence-electron chi connectivity index (χ4n) is 0.673. The number of rotatable bonds is 6. The van der Waals surface area contributed by atoms with Crippen molar-refractivity contribution in [2.45, 2.75) is 25.9 Å². The van der Waals surface area contributed by atoms with Gasteiger partial charge in [-0.3, -0.25) is 0 Å². The standard InChI is InChI=1S/C7H17NOS/c1-7(9)6-8-4-2-3-5-10/h7-10H,2-6H2,1H3. The highest BCUT2D eigenvalue weighted by atomic mass is 32.1. The molecule has 1 atom stereocenters. The zero-order chi connectivity index (χ0) is 7.82. The minimum Gasteiger partial charge on any atom is -0.392 e. The first kappa shape index (κ1) is 10.3. The maximum absolute atomic E-state index is 8.83. The Morgan fingerprint density at radius 1 is 1.50 bits per heavy atom. The summed E-state index contributed by atoms with van der Waals surface area (Å²) >= 11 is 4.09. The minimum atomic E-state index is -0.226. The zero-order valence-corrected chi connectivity index (χ0v) is 7.40. The van der Waals surface area contributed by atoms with E-state index < -0.39 is 0 Å². The van der Waals surface area contributed by atoms with Crippen LogP contribution in [0.25, 0.3) is 0 Å². The number of aliphatic hydroxyl groups excluding tert-OH is 1. The zero-order valence-electron chi connectivity index (χ0n) is 6.51. The smallest absolute Gasteiger partial charge is 0.0636 e. The summed E-state index contributed by atoms with van der Waals surface area (Å²) in [6, 6.07) is 0. The average molecular weight is 163 g/mol. The van der Waals surface area contributed by atoms with Crippen LogP contribution in [0.4, 0.5) is 0 Å². The highest BCUT2D eigenvalue weighted by molar-refractivity contribution is 7.80. The second-order valence-corrected chi connectivity index (χ2v) is 2.93. The highest BCUT2D eigenvalue weighted by Crippen LogP contribution is 1.88. The number of thiol groups is 1. The predicted octanol–water partition coefficient (Wildman–Crippen LogP) is 0.667. The van der Waals surface area contributed by atoms with E-state index in [0.717, 1.165) is 25.1 Å². The molecule has 0 aromatic carbocycles. The lowest BCUT2D eigenvalue weighted by Gasteiger charge is -2.05. The van der Waals surface area contributed by atoms with Gasteiger partial charge in [0.2, 0.25) is 0 Å². The van der Waals surface area contributed by atoms with Crippen LogP contribution < -0.4 is 5.32 Å². The van der Waals surface area contributed by atoms with Gasteiger partial charge in [-0.1, -0.05) is 0 Å². The van der Waals surface area contributed by atoms with Gasteiger partial charge in [0, 0.05) is 6.54 Å². The fourth-order valence-corrected chi connectivity index (χ4v) is 0.896. The molecule has 0 bridgehead atoms. The second-order valence-electron chi connectivity index (χ2n) is 2.48. The second kappa shape index (κ2) is 7.38. The predicted molar refractivity (Wildman–Crippen MR) is 47.6 cm³/mol. The summed E-state index contributed by atoms with van der Waals surface area (Å²) in [7, 11) is 0. The summed E-state index contributed by atoms with van der Waals surface area (Å²) in [6.07, 6.45) is 2.07. The number of unbranched alkanes of at least 4 members (excludes halogenated alkanes) is 1. The van der Waals surface area contributed by atoms with Crippen LogP contribution in [0.15, 0.2) is 0 Å². The monoisotopic (exact) mass is 163 g/mol. The van der Waals surface area contributed by atoms with Gasteiger partial charge in [-0.25, -0.2) is 0 Å². The molecule has 0 heterocycles. The fraction of sp³-hybridized carbons (Fsp3) is 1.00. The Labute approximate surface area is 68.4 Å². The maximum Gasteiger partial charge on any atom is 0.0636 e. The normalized spacial score (nSPS) is 13.5. The van der Waals surface area contributed by atoms with Gasteiger partial charge in [0.1, 0.15) is 0 Å². The van der Waals surface area contributed by atoms with E-state index in [2.05, 4.69) is 17.9 Å². The topological polar surface area (TPSA) is 32.3 Å². The van der Waals surface area contributed by atoms with Crippen molar-refractivity contribution in [2.75, 3.05) is 18.8 Å². The van der Waals surface area contributed by atoms with Crippen LogP contribution in [0.1, 0.15) is 19.8 Å². The Balaban J connectivity index is 2.77. The van der Waals surface area contributed by atoms with Gasteiger partial charge in [-0.05, 0) is 32.1 Å². The van der Waals surface area contributed by atoms with Crippen molar-refractivity contribution in [1.82, 2.24) is 5.32 Å². The molecule has 0 radical (unpaired) electrons. The van der Waals surface area contributed by atoms with Crippen molar-refractivity contribution in [2.24, 2.45) is 0 Å². The summed E-state index contributed by atoms with van der Waals surface area (Å²) < 4.78 is 0. The van der Waals surface area contributed by atoms with Crippen molar-refractivity contribution in [1.29, 1.82) is 0 Å². The van der Waals surface area contributed by atoms with Gasteiger partial charge < -0.3 is 10.4 Å². The van der Waals surface area contributed by atoms with E-state index in [1.165, 1.54) is 0 Å². The van der Waals surface area contributed by atoms with Crippen LogP contribution in [-0.4, -0.2) is 30.1 Å². The molecule has 0 fully saturated rings. The third-order valence-corrected chi connectivity index (χ3v) is 1.52. The summed E-state index contributed by atoms with van der Waals surface area (Å²) in [5.41, 5.74) is 0. The lowest BCUT2D eigenvalue weighted by molar-refractivity contribution is 0.191. The lowest BCUT2D eigenvalue weighted by atomic mass is 10.3. The quantitative estimate of drug-likeness (QED) is 0.397. The molecule has 3 heteroatoms. The molecule has 0 saturated heterocycles.